The number of nitrogens with one attached hydrogen (secondary N) is 3. The van der Waals surface area contributed by atoms with Crippen LogP contribution in [0.4, 0.5) is 4.79 Å². The van der Waals surface area contributed by atoms with Crippen LogP contribution in [-0.4, -0.2) is 51.6 Å². The zero-order valence-electron chi connectivity index (χ0n) is 9.74. The van der Waals surface area contributed by atoms with Crippen LogP contribution in [-0.2, 0) is 9.84 Å². The first kappa shape index (κ1) is 12.6. The van der Waals surface area contributed by atoms with Crippen molar-refractivity contribution in [1.29, 1.82) is 0 Å². The molecule has 2 aliphatic heterocycles. The molecule has 0 aliphatic carbocycles. The molecule has 3 N–H and O–H groups in total. The maximum absolute atomic E-state index is 11.4. The second-order valence-corrected chi connectivity index (χ2v) is 7.11. The van der Waals surface area contributed by atoms with E-state index in [1.807, 2.05) is 0 Å². The Kier molecular flexibility index (Phi) is 3.88. The number of urea groups is 1. The molecular formula is C10H19N3O3S. The van der Waals surface area contributed by atoms with Crippen LogP contribution in [0.5, 0.6) is 0 Å². The van der Waals surface area contributed by atoms with Gasteiger partial charge in [0, 0.05) is 19.6 Å². The van der Waals surface area contributed by atoms with Crippen LogP contribution in [0.3, 0.4) is 0 Å². The molecule has 0 bridgehead atoms. The summed E-state index contributed by atoms with van der Waals surface area (Å²) >= 11 is 0. The first-order valence-electron chi connectivity index (χ1n) is 6.01. The molecule has 2 rings (SSSR count). The molecule has 0 atom stereocenters. The monoisotopic (exact) mass is 261 g/mol. The summed E-state index contributed by atoms with van der Waals surface area (Å²) in [6.45, 7) is 2.23. The highest BCUT2D eigenvalue weighted by atomic mass is 32.2. The van der Waals surface area contributed by atoms with Crippen LogP contribution in [0, 0.1) is 5.92 Å². The fourth-order valence-corrected chi connectivity index (χ4v) is 3.60. The van der Waals surface area contributed by atoms with Crippen molar-refractivity contribution in [3.05, 3.63) is 0 Å². The highest BCUT2D eigenvalue weighted by molar-refractivity contribution is 7.91. The predicted molar refractivity (Wildman–Crippen MR) is 64.6 cm³/mol. The predicted octanol–water partition coefficient (Wildman–Crippen LogP) is -0.918. The van der Waals surface area contributed by atoms with Gasteiger partial charge in [-0.25, -0.2) is 13.2 Å². The Morgan fingerprint density at radius 1 is 1.24 bits per heavy atom. The van der Waals surface area contributed by atoms with E-state index >= 15 is 0 Å². The highest BCUT2D eigenvalue weighted by Crippen LogP contribution is 2.17. The van der Waals surface area contributed by atoms with Crippen LogP contribution in [0.2, 0.25) is 0 Å². The number of carbonyl (C=O) groups excluding carboxylic acids is 1. The zero-order valence-corrected chi connectivity index (χ0v) is 10.6. The highest BCUT2D eigenvalue weighted by Gasteiger charge is 2.24. The van der Waals surface area contributed by atoms with E-state index in [9.17, 15) is 13.2 Å². The molecule has 0 aromatic carbocycles. The Hall–Kier alpha value is -0.820. The summed E-state index contributed by atoms with van der Waals surface area (Å²) in [7, 11) is -2.80. The zero-order chi connectivity index (χ0) is 12.3. The molecule has 0 aromatic rings. The molecule has 0 spiro atoms. The Labute approximate surface area is 101 Å². The lowest BCUT2D eigenvalue weighted by Crippen LogP contribution is -2.59. The average Bonchev–Trinajstić information content (AvgIpc) is 2.22. The minimum absolute atomic E-state index is 0.148. The standard InChI is InChI=1S/C10H19N3O3S/c14-10(13-9-6-11-7-9)12-5-8-1-3-17(15,16)4-2-8/h8-9,11H,1-7H2,(H2,12,13,14). The maximum Gasteiger partial charge on any atom is 0.315 e. The minimum atomic E-state index is -2.80. The molecule has 0 unspecified atom stereocenters. The lowest BCUT2D eigenvalue weighted by atomic mass is 10.0. The van der Waals surface area contributed by atoms with E-state index in [-0.39, 0.29) is 23.6 Å². The maximum atomic E-state index is 11.4. The van der Waals surface area contributed by atoms with Gasteiger partial charge in [0.05, 0.1) is 17.5 Å². The molecule has 2 fully saturated rings. The van der Waals surface area contributed by atoms with Crippen molar-refractivity contribution in [2.24, 2.45) is 5.92 Å². The number of hydrogen-bond acceptors (Lipinski definition) is 4. The fraction of sp³-hybridized carbons (Fsp3) is 0.900. The summed E-state index contributed by atoms with van der Waals surface area (Å²) in [5.74, 6) is 0.810. The number of carbonyl (C=O) groups is 1. The smallest absolute Gasteiger partial charge is 0.315 e. The van der Waals surface area contributed by atoms with E-state index in [0.29, 0.717) is 25.3 Å². The van der Waals surface area contributed by atoms with Crippen molar-refractivity contribution in [2.75, 3.05) is 31.1 Å². The van der Waals surface area contributed by atoms with Gasteiger partial charge in [-0.3, -0.25) is 0 Å². The number of rotatable bonds is 3. The number of sulfone groups is 1. The Bertz CT molecular complexity index is 364. The minimum Gasteiger partial charge on any atom is -0.338 e. The molecule has 0 radical (unpaired) electrons. The summed E-state index contributed by atoms with van der Waals surface area (Å²) < 4.78 is 22.4. The Morgan fingerprint density at radius 3 is 2.41 bits per heavy atom. The van der Waals surface area contributed by atoms with Crippen molar-refractivity contribution in [3.8, 4) is 0 Å². The molecule has 98 valence electrons. The molecule has 7 heteroatoms. The summed E-state index contributed by atoms with van der Waals surface area (Å²) in [4.78, 5) is 11.4. The molecule has 6 nitrogen and oxygen atoms in total. The summed E-state index contributed by atoms with van der Waals surface area (Å²) in [5, 5.41) is 8.72. The third-order valence-electron chi connectivity index (χ3n) is 3.34. The molecule has 2 heterocycles. The number of hydrogen-bond donors (Lipinski definition) is 3. The van der Waals surface area contributed by atoms with E-state index < -0.39 is 9.84 Å². The van der Waals surface area contributed by atoms with Gasteiger partial charge in [0.2, 0.25) is 0 Å². The van der Waals surface area contributed by atoms with Crippen molar-refractivity contribution in [1.82, 2.24) is 16.0 Å². The van der Waals surface area contributed by atoms with E-state index in [0.717, 1.165) is 13.1 Å². The SMILES string of the molecule is O=C(NCC1CCS(=O)(=O)CC1)NC1CNC1. The van der Waals surface area contributed by atoms with Gasteiger partial charge >= 0.3 is 6.03 Å². The molecule has 0 aromatic heterocycles. The van der Waals surface area contributed by atoms with Gasteiger partial charge in [0.25, 0.3) is 0 Å². The van der Waals surface area contributed by atoms with Crippen molar-refractivity contribution in [3.63, 3.8) is 0 Å². The summed E-state index contributed by atoms with van der Waals surface area (Å²) in [6, 6.07) is 0.0895. The third-order valence-corrected chi connectivity index (χ3v) is 5.06. The van der Waals surface area contributed by atoms with Gasteiger partial charge < -0.3 is 16.0 Å². The second kappa shape index (κ2) is 5.22. The third kappa shape index (κ3) is 3.85. The van der Waals surface area contributed by atoms with Gasteiger partial charge in [0.1, 0.15) is 9.84 Å². The van der Waals surface area contributed by atoms with Gasteiger partial charge in [-0.15, -0.1) is 0 Å². The molecule has 2 saturated heterocycles. The first-order valence-corrected chi connectivity index (χ1v) is 7.83. The van der Waals surface area contributed by atoms with Crippen LogP contribution in [0.15, 0.2) is 0 Å². The normalized spacial score (nSPS) is 24.9. The van der Waals surface area contributed by atoms with E-state index in [1.165, 1.54) is 0 Å². The van der Waals surface area contributed by atoms with Crippen molar-refractivity contribution < 1.29 is 13.2 Å². The first-order chi connectivity index (χ1) is 8.05. The van der Waals surface area contributed by atoms with Gasteiger partial charge in [0.15, 0.2) is 0 Å². The van der Waals surface area contributed by atoms with E-state index in [1.54, 1.807) is 0 Å². The van der Waals surface area contributed by atoms with Gasteiger partial charge in [-0.1, -0.05) is 0 Å². The van der Waals surface area contributed by atoms with Gasteiger partial charge in [-0.2, -0.15) is 0 Å². The summed E-state index contributed by atoms with van der Waals surface area (Å²) in [6.07, 6.45) is 1.32. The molecule has 2 amide bonds. The fourth-order valence-electron chi connectivity index (χ4n) is 2.01. The lowest BCUT2D eigenvalue weighted by molar-refractivity contribution is 0.229. The van der Waals surface area contributed by atoms with E-state index in [2.05, 4.69) is 16.0 Å². The van der Waals surface area contributed by atoms with E-state index in [4.69, 9.17) is 0 Å². The van der Waals surface area contributed by atoms with Crippen LogP contribution in [0.1, 0.15) is 12.8 Å². The summed E-state index contributed by atoms with van der Waals surface area (Å²) in [5.41, 5.74) is 0. The quantitative estimate of drug-likeness (QED) is 0.613. The largest absolute Gasteiger partial charge is 0.338 e. The Balaban J connectivity index is 1.63. The molecule has 0 saturated carbocycles. The second-order valence-electron chi connectivity index (χ2n) is 4.80. The lowest BCUT2D eigenvalue weighted by Gasteiger charge is -2.28. The molecule has 2 aliphatic rings. The van der Waals surface area contributed by atoms with Crippen LogP contribution >= 0.6 is 0 Å². The average molecular weight is 261 g/mol. The van der Waals surface area contributed by atoms with Crippen molar-refractivity contribution >= 4 is 15.9 Å². The molecule has 17 heavy (non-hydrogen) atoms. The van der Waals surface area contributed by atoms with Crippen LogP contribution in [0.25, 0.3) is 0 Å². The van der Waals surface area contributed by atoms with Gasteiger partial charge in [-0.05, 0) is 18.8 Å². The number of amides is 2. The Morgan fingerprint density at radius 2 is 1.88 bits per heavy atom. The van der Waals surface area contributed by atoms with Crippen molar-refractivity contribution in [2.45, 2.75) is 18.9 Å². The van der Waals surface area contributed by atoms with Crippen LogP contribution < -0.4 is 16.0 Å². The topological polar surface area (TPSA) is 87.3 Å². The molecular weight excluding hydrogens is 242 g/mol.